The van der Waals surface area contributed by atoms with Crippen LogP contribution in [0.25, 0.3) is 0 Å². The summed E-state index contributed by atoms with van der Waals surface area (Å²) < 4.78 is 0. The lowest BCUT2D eigenvalue weighted by Gasteiger charge is -2.18. The lowest BCUT2D eigenvalue weighted by atomic mass is 10.2. The molecule has 0 atom stereocenters. The van der Waals surface area contributed by atoms with E-state index in [9.17, 15) is 4.79 Å². The Bertz CT molecular complexity index is 297. The van der Waals surface area contributed by atoms with E-state index in [1.54, 1.807) is 18.1 Å². The molecule has 0 N–H and O–H groups in total. The first-order valence-corrected chi connectivity index (χ1v) is 4.63. The number of amides is 1. The highest BCUT2D eigenvalue weighted by Gasteiger charge is 2.13. The van der Waals surface area contributed by atoms with E-state index in [-0.39, 0.29) is 11.8 Å². The van der Waals surface area contributed by atoms with E-state index < -0.39 is 0 Å². The molecule has 4 heteroatoms. The van der Waals surface area contributed by atoms with Crippen molar-refractivity contribution in [3.8, 4) is 0 Å². The fourth-order valence-corrected chi connectivity index (χ4v) is 1.18. The van der Waals surface area contributed by atoms with Crippen molar-refractivity contribution in [2.45, 2.75) is 20.4 Å². The molecule has 0 radical (unpaired) electrons. The molecule has 0 saturated heterocycles. The van der Waals surface area contributed by atoms with Crippen LogP contribution in [0.5, 0.6) is 0 Å². The molecule has 1 amide bonds. The molecule has 0 unspecified atom stereocenters. The fourth-order valence-electron chi connectivity index (χ4n) is 1.18. The highest BCUT2D eigenvalue weighted by molar-refractivity contribution is 5.77. The van der Waals surface area contributed by atoms with Crippen LogP contribution < -0.4 is 0 Å². The largest absolute Gasteiger partial charge is 0.340 e. The van der Waals surface area contributed by atoms with E-state index >= 15 is 0 Å². The van der Waals surface area contributed by atoms with Gasteiger partial charge in [-0.3, -0.25) is 4.79 Å². The topological polar surface area (TPSA) is 46.1 Å². The first kappa shape index (κ1) is 10.6. The van der Waals surface area contributed by atoms with Gasteiger partial charge in [0.25, 0.3) is 0 Å². The Morgan fingerprint density at radius 1 is 1.57 bits per heavy atom. The second-order valence-electron chi connectivity index (χ2n) is 3.56. The van der Waals surface area contributed by atoms with Gasteiger partial charge in [-0.2, -0.15) is 10.2 Å². The molecule has 76 valence electrons. The van der Waals surface area contributed by atoms with Gasteiger partial charge in [-0.05, 0) is 12.1 Å². The minimum Gasteiger partial charge on any atom is -0.340 e. The van der Waals surface area contributed by atoms with Gasteiger partial charge in [0.05, 0.1) is 12.2 Å². The van der Waals surface area contributed by atoms with E-state index in [0.717, 1.165) is 5.69 Å². The minimum atomic E-state index is 0.0247. The van der Waals surface area contributed by atoms with Crippen LogP contribution in [-0.2, 0) is 11.3 Å². The van der Waals surface area contributed by atoms with Crippen LogP contribution in [0.4, 0.5) is 0 Å². The molecular formula is C10H15N3O. The Kier molecular flexibility index (Phi) is 3.56. The summed E-state index contributed by atoms with van der Waals surface area (Å²) >= 11 is 0. The molecule has 0 saturated carbocycles. The first-order valence-electron chi connectivity index (χ1n) is 4.63. The zero-order valence-corrected chi connectivity index (χ0v) is 8.77. The van der Waals surface area contributed by atoms with Crippen molar-refractivity contribution in [3.05, 3.63) is 24.0 Å². The molecule has 1 rings (SSSR count). The van der Waals surface area contributed by atoms with Gasteiger partial charge in [-0.25, -0.2) is 0 Å². The molecule has 0 bridgehead atoms. The van der Waals surface area contributed by atoms with Crippen LogP contribution in [0.1, 0.15) is 19.5 Å². The van der Waals surface area contributed by atoms with Gasteiger partial charge in [-0.1, -0.05) is 13.8 Å². The summed E-state index contributed by atoms with van der Waals surface area (Å²) in [6.07, 6.45) is 1.62. The third-order valence-corrected chi connectivity index (χ3v) is 1.90. The maximum absolute atomic E-state index is 11.5. The number of nitrogens with zero attached hydrogens (tertiary/aromatic N) is 3. The summed E-state index contributed by atoms with van der Waals surface area (Å²) in [6, 6.07) is 3.67. The van der Waals surface area contributed by atoms with Gasteiger partial charge < -0.3 is 4.90 Å². The summed E-state index contributed by atoms with van der Waals surface area (Å²) in [5.74, 6) is 0.146. The van der Waals surface area contributed by atoms with Crippen molar-refractivity contribution >= 4 is 5.91 Å². The lowest BCUT2D eigenvalue weighted by Crippen LogP contribution is -2.30. The Labute approximate surface area is 84.0 Å². The average molecular weight is 193 g/mol. The zero-order chi connectivity index (χ0) is 10.6. The summed E-state index contributed by atoms with van der Waals surface area (Å²) in [6.45, 7) is 4.29. The van der Waals surface area contributed by atoms with Crippen molar-refractivity contribution in [3.63, 3.8) is 0 Å². The maximum atomic E-state index is 11.5. The van der Waals surface area contributed by atoms with Crippen molar-refractivity contribution < 1.29 is 4.79 Å². The second kappa shape index (κ2) is 4.69. The molecule has 0 aromatic carbocycles. The summed E-state index contributed by atoms with van der Waals surface area (Å²) in [4.78, 5) is 13.2. The Morgan fingerprint density at radius 3 is 2.79 bits per heavy atom. The molecule has 4 nitrogen and oxygen atoms in total. The van der Waals surface area contributed by atoms with Crippen LogP contribution >= 0.6 is 0 Å². The van der Waals surface area contributed by atoms with E-state index in [1.807, 2.05) is 26.0 Å². The van der Waals surface area contributed by atoms with Crippen LogP contribution in [-0.4, -0.2) is 28.1 Å². The first-order chi connectivity index (χ1) is 6.61. The average Bonchev–Trinajstić information content (AvgIpc) is 2.18. The van der Waals surface area contributed by atoms with E-state index in [4.69, 9.17) is 0 Å². The third-order valence-electron chi connectivity index (χ3n) is 1.90. The number of aromatic nitrogens is 2. The summed E-state index contributed by atoms with van der Waals surface area (Å²) in [5.41, 5.74) is 0.809. The van der Waals surface area contributed by atoms with E-state index in [0.29, 0.717) is 6.54 Å². The number of carbonyl (C=O) groups is 1. The predicted molar refractivity (Wildman–Crippen MR) is 53.3 cm³/mol. The number of rotatable bonds is 3. The third kappa shape index (κ3) is 2.80. The SMILES string of the molecule is CC(C)C(=O)N(C)Cc1cccnn1. The Morgan fingerprint density at radius 2 is 2.29 bits per heavy atom. The fraction of sp³-hybridized carbons (Fsp3) is 0.500. The highest BCUT2D eigenvalue weighted by Crippen LogP contribution is 2.03. The van der Waals surface area contributed by atoms with Gasteiger partial charge in [0.2, 0.25) is 5.91 Å². The molecule has 0 spiro atoms. The lowest BCUT2D eigenvalue weighted by molar-refractivity contribution is -0.133. The van der Waals surface area contributed by atoms with Gasteiger partial charge in [0.1, 0.15) is 0 Å². The molecule has 1 aromatic heterocycles. The minimum absolute atomic E-state index is 0.0247. The maximum Gasteiger partial charge on any atom is 0.225 e. The molecule has 0 fully saturated rings. The number of hydrogen-bond acceptors (Lipinski definition) is 3. The van der Waals surface area contributed by atoms with Gasteiger partial charge >= 0.3 is 0 Å². The monoisotopic (exact) mass is 193 g/mol. The molecular weight excluding hydrogens is 178 g/mol. The molecule has 1 heterocycles. The van der Waals surface area contributed by atoms with Gasteiger partial charge in [-0.15, -0.1) is 0 Å². The number of carbonyl (C=O) groups excluding carboxylic acids is 1. The zero-order valence-electron chi connectivity index (χ0n) is 8.77. The van der Waals surface area contributed by atoms with Gasteiger partial charge in [0.15, 0.2) is 0 Å². The smallest absolute Gasteiger partial charge is 0.225 e. The number of hydrogen-bond donors (Lipinski definition) is 0. The van der Waals surface area contributed by atoms with Crippen molar-refractivity contribution in [2.24, 2.45) is 5.92 Å². The molecule has 0 aliphatic carbocycles. The van der Waals surface area contributed by atoms with Crippen LogP contribution in [0.15, 0.2) is 18.3 Å². The summed E-state index contributed by atoms with van der Waals surface area (Å²) in [7, 11) is 1.77. The Hall–Kier alpha value is -1.45. The second-order valence-corrected chi connectivity index (χ2v) is 3.56. The van der Waals surface area contributed by atoms with Crippen LogP contribution in [0.3, 0.4) is 0 Å². The van der Waals surface area contributed by atoms with Gasteiger partial charge in [0, 0.05) is 19.2 Å². The van der Waals surface area contributed by atoms with Crippen LogP contribution in [0.2, 0.25) is 0 Å². The molecule has 14 heavy (non-hydrogen) atoms. The highest BCUT2D eigenvalue weighted by atomic mass is 16.2. The van der Waals surface area contributed by atoms with Crippen molar-refractivity contribution in [2.75, 3.05) is 7.05 Å². The molecule has 0 aliphatic rings. The standard InChI is InChI=1S/C10H15N3O/c1-8(2)10(14)13(3)7-9-5-4-6-11-12-9/h4-6,8H,7H2,1-3H3. The normalized spacial score (nSPS) is 10.3. The predicted octanol–water partition coefficient (Wildman–Crippen LogP) is 1.09. The van der Waals surface area contributed by atoms with E-state index in [1.165, 1.54) is 0 Å². The molecule has 1 aromatic rings. The summed E-state index contributed by atoms with van der Waals surface area (Å²) in [5, 5.41) is 7.67. The van der Waals surface area contributed by atoms with E-state index in [2.05, 4.69) is 10.2 Å². The molecule has 0 aliphatic heterocycles. The van der Waals surface area contributed by atoms with Crippen molar-refractivity contribution in [1.82, 2.24) is 15.1 Å². The van der Waals surface area contributed by atoms with Crippen molar-refractivity contribution in [1.29, 1.82) is 0 Å². The Balaban J connectivity index is 2.57. The van der Waals surface area contributed by atoms with Crippen LogP contribution in [0, 0.1) is 5.92 Å². The quantitative estimate of drug-likeness (QED) is 0.722.